The predicted molar refractivity (Wildman–Crippen MR) is 79.3 cm³/mol. The summed E-state index contributed by atoms with van der Waals surface area (Å²) in [4.78, 5) is 17.1. The Morgan fingerprint density at radius 2 is 2.15 bits per heavy atom. The van der Waals surface area contributed by atoms with Gasteiger partial charge in [0.2, 0.25) is 5.91 Å². The Morgan fingerprint density at radius 3 is 2.80 bits per heavy atom. The standard InChI is InChI=1S/C15H16N2O2S/c1-19-12-6-2-10(3-7-12)8-13-9-16-15(20-13)17-14(18)11-4-5-11/h2-3,6-7,9,11H,4-5,8H2,1H3,(H,16,17,18). The molecule has 1 fully saturated rings. The van der Waals surface area contributed by atoms with Gasteiger partial charge in [-0.1, -0.05) is 12.1 Å². The van der Waals surface area contributed by atoms with E-state index in [9.17, 15) is 4.79 Å². The van der Waals surface area contributed by atoms with Crippen molar-refractivity contribution in [2.75, 3.05) is 12.4 Å². The topological polar surface area (TPSA) is 51.2 Å². The van der Waals surface area contributed by atoms with Gasteiger partial charge in [-0.15, -0.1) is 11.3 Å². The number of carbonyl (C=O) groups excluding carboxylic acids is 1. The molecule has 1 N–H and O–H groups in total. The molecule has 1 saturated carbocycles. The van der Waals surface area contributed by atoms with E-state index in [1.807, 2.05) is 30.5 Å². The fourth-order valence-corrected chi connectivity index (χ4v) is 2.79. The van der Waals surface area contributed by atoms with Crippen molar-refractivity contribution in [3.63, 3.8) is 0 Å². The van der Waals surface area contributed by atoms with Crippen molar-refractivity contribution in [1.82, 2.24) is 4.98 Å². The number of thiazole rings is 1. The summed E-state index contributed by atoms with van der Waals surface area (Å²) in [6.07, 6.45) is 4.67. The second-order valence-corrected chi connectivity index (χ2v) is 6.04. The van der Waals surface area contributed by atoms with Crippen molar-refractivity contribution in [3.05, 3.63) is 40.9 Å². The van der Waals surface area contributed by atoms with Gasteiger partial charge in [-0.2, -0.15) is 0 Å². The highest BCUT2D eigenvalue weighted by Gasteiger charge is 2.30. The average molecular weight is 288 g/mol. The van der Waals surface area contributed by atoms with Crippen LogP contribution in [0.2, 0.25) is 0 Å². The molecule has 5 heteroatoms. The second kappa shape index (κ2) is 5.63. The first kappa shape index (κ1) is 13.1. The fourth-order valence-electron chi connectivity index (χ4n) is 1.94. The molecule has 1 amide bonds. The van der Waals surface area contributed by atoms with Crippen LogP contribution < -0.4 is 10.1 Å². The third kappa shape index (κ3) is 3.17. The Hall–Kier alpha value is -1.88. The molecule has 0 spiro atoms. The lowest BCUT2D eigenvalue weighted by molar-refractivity contribution is -0.117. The van der Waals surface area contributed by atoms with Gasteiger partial charge in [-0.05, 0) is 30.5 Å². The molecule has 0 atom stereocenters. The smallest absolute Gasteiger partial charge is 0.229 e. The highest BCUT2D eigenvalue weighted by atomic mass is 32.1. The molecule has 1 aliphatic rings. The van der Waals surface area contributed by atoms with E-state index in [0.717, 1.165) is 29.9 Å². The molecule has 0 unspecified atom stereocenters. The Labute approximate surface area is 121 Å². The molecule has 3 rings (SSSR count). The van der Waals surface area contributed by atoms with E-state index < -0.39 is 0 Å². The van der Waals surface area contributed by atoms with Crippen LogP contribution in [-0.4, -0.2) is 18.0 Å². The molecule has 1 aromatic heterocycles. The van der Waals surface area contributed by atoms with Crippen LogP contribution in [0.3, 0.4) is 0 Å². The van der Waals surface area contributed by atoms with Crippen molar-refractivity contribution < 1.29 is 9.53 Å². The number of ether oxygens (including phenoxy) is 1. The third-order valence-corrected chi connectivity index (χ3v) is 4.18. The number of anilines is 1. The molecule has 1 aliphatic carbocycles. The molecule has 0 saturated heterocycles. The van der Waals surface area contributed by atoms with E-state index in [4.69, 9.17) is 4.74 Å². The van der Waals surface area contributed by atoms with Gasteiger partial charge in [0.15, 0.2) is 5.13 Å². The minimum absolute atomic E-state index is 0.107. The van der Waals surface area contributed by atoms with Crippen LogP contribution in [0.15, 0.2) is 30.5 Å². The SMILES string of the molecule is COc1ccc(Cc2cnc(NC(=O)C3CC3)s2)cc1. The number of amides is 1. The number of benzene rings is 1. The van der Waals surface area contributed by atoms with Crippen LogP contribution in [0.1, 0.15) is 23.3 Å². The van der Waals surface area contributed by atoms with Crippen molar-refractivity contribution in [2.45, 2.75) is 19.3 Å². The van der Waals surface area contributed by atoms with Crippen LogP contribution in [0.5, 0.6) is 5.75 Å². The van der Waals surface area contributed by atoms with Gasteiger partial charge in [0.1, 0.15) is 5.75 Å². The van der Waals surface area contributed by atoms with Gasteiger partial charge in [0.25, 0.3) is 0 Å². The molecular weight excluding hydrogens is 272 g/mol. The average Bonchev–Trinajstić information content (AvgIpc) is 3.23. The maximum absolute atomic E-state index is 11.7. The molecule has 0 aliphatic heterocycles. The van der Waals surface area contributed by atoms with Crippen LogP contribution in [0, 0.1) is 5.92 Å². The lowest BCUT2D eigenvalue weighted by Gasteiger charge is -2.01. The van der Waals surface area contributed by atoms with E-state index in [0.29, 0.717) is 5.13 Å². The van der Waals surface area contributed by atoms with Gasteiger partial charge >= 0.3 is 0 Å². The highest BCUT2D eigenvalue weighted by Crippen LogP contribution is 2.31. The van der Waals surface area contributed by atoms with E-state index in [1.54, 1.807) is 7.11 Å². The number of hydrogen-bond acceptors (Lipinski definition) is 4. The van der Waals surface area contributed by atoms with Gasteiger partial charge < -0.3 is 10.1 Å². The molecule has 104 valence electrons. The quantitative estimate of drug-likeness (QED) is 0.919. The number of rotatable bonds is 5. The maximum Gasteiger partial charge on any atom is 0.229 e. The van der Waals surface area contributed by atoms with Crippen molar-refractivity contribution in [2.24, 2.45) is 5.92 Å². The zero-order valence-electron chi connectivity index (χ0n) is 11.3. The monoisotopic (exact) mass is 288 g/mol. The normalized spacial score (nSPS) is 14.1. The minimum atomic E-state index is 0.107. The molecular formula is C15H16N2O2S. The molecule has 1 heterocycles. The first-order valence-corrected chi connectivity index (χ1v) is 7.45. The fraction of sp³-hybridized carbons (Fsp3) is 0.333. The molecule has 2 aromatic rings. The van der Waals surface area contributed by atoms with Crippen LogP contribution in [0.4, 0.5) is 5.13 Å². The largest absolute Gasteiger partial charge is 0.497 e. The third-order valence-electron chi connectivity index (χ3n) is 3.27. The molecule has 0 radical (unpaired) electrons. The van der Waals surface area contributed by atoms with E-state index in [2.05, 4.69) is 10.3 Å². The summed E-state index contributed by atoms with van der Waals surface area (Å²) in [6.45, 7) is 0. The summed E-state index contributed by atoms with van der Waals surface area (Å²) >= 11 is 1.54. The number of aromatic nitrogens is 1. The predicted octanol–water partition coefficient (Wildman–Crippen LogP) is 3.09. The summed E-state index contributed by atoms with van der Waals surface area (Å²) in [6, 6.07) is 7.99. The van der Waals surface area contributed by atoms with Crippen molar-refractivity contribution >= 4 is 22.4 Å². The van der Waals surface area contributed by atoms with Gasteiger partial charge in [0, 0.05) is 23.4 Å². The van der Waals surface area contributed by atoms with Gasteiger partial charge in [-0.25, -0.2) is 4.98 Å². The summed E-state index contributed by atoms with van der Waals surface area (Å²) in [7, 11) is 1.66. The number of nitrogens with one attached hydrogen (secondary N) is 1. The first-order chi connectivity index (χ1) is 9.74. The molecule has 20 heavy (non-hydrogen) atoms. The first-order valence-electron chi connectivity index (χ1n) is 6.63. The highest BCUT2D eigenvalue weighted by molar-refractivity contribution is 7.15. The van der Waals surface area contributed by atoms with Crippen LogP contribution >= 0.6 is 11.3 Å². The minimum Gasteiger partial charge on any atom is -0.497 e. The summed E-state index contributed by atoms with van der Waals surface area (Å²) in [5.41, 5.74) is 1.20. The van der Waals surface area contributed by atoms with Crippen molar-refractivity contribution in [3.8, 4) is 5.75 Å². The second-order valence-electron chi connectivity index (χ2n) is 4.92. The number of nitrogens with zero attached hydrogens (tertiary/aromatic N) is 1. The van der Waals surface area contributed by atoms with E-state index in [-0.39, 0.29) is 11.8 Å². The van der Waals surface area contributed by atoms with Crippen LogP contribution in [0.25, 0.3) is 0 Å². The Balaban J connectivity index is 1.62. The maximum atomic E-state index is 11.7. The summed E-state index contributed by atoms with van der Waals surface area (Å²) in [5.74, 6) is 1.18. The molecule has 0 bridgehead atoms. The van der Waals surface area contributed by atoms with E-state index in [1.165, 1.54) is 16.9 Å². The lowest BCUT2D eigenvalue weighted by atomic mass is 10.1. The summed E-state index contributed by atoms with van der Waals surface area (Å²) < 4.78 is 5.14. The van der Waals surface area contributed by atoms with Gasteiger partial charge in [0.05, 0.1) is 7.11 Å². The Morgan fingerprint density at radius 1 is 1.40 bits per heavy atom. The Bertz CT molecular complexity index is 603. The number of methoxy groups -OCH3 is 1. The zero-order valence-corrected chi connectivity index (χ0v) is 12.1. The summed E-state index contributed by atoms with van der Waals surface area (Å²) in [5, 5.41) is 3.58. The van der Waals surface area contributed by atoms with Gasteiger partial charge in [-0.3, -0.25) is 4.79 Å². The molecule has 1 aromatic carbocycles. The lowest BCUT2D eigenvalue weighted by Crippen LogP contribution is -2.12. The van der Waals surface area contributed by atoms with Crippen molar-refractivity contribution in [1.29, 1.82) is 0 Å². The number of carbonyl (C=O) groups is 1. The zero-order chi connectivity index (χ0) is 13.9. The van der Waals surface area contributed by atoms with Crippen LogP contribution in [-0.2, 0) is 11.2 Å². The number of hydrogen-bond donors (Lipinski definition) is 1. The van der Waals surface area contributed by atoms with E-state index >= 15 is 0 Å². The molecule has 4 nitrogen and oxygen atoms in total. The Kier molecular flexibility index (Phi) is 3.69.